The average Bonchev–Trinajstić information content (AvgIpc) is 2.88. The van der Waals surface area contributed by atoms with E-state index in [-0.39, 0.29) is 11.4 Å². The lowest BCUT2D eigenvalue weighted by Crippen LogP contribution is -2.27. The zero-order chi connectivity index (χ0) is 14.8. The Morgan fingerprint density at radius 2 is 1.95 bits per heavy atom. The molecule has 0 fully saturated rings. The first-order valence-electron chi connectivity index (χ1n) is 5.69. The van der Waals surface area contributed by atoms with Crippen LogP contribution in [0.3, 0.4) is 0 Å². The van der Waals surface area contributed by atoms with Crippen molar-refractivity contribution in [3.05, 3.63) is 52.0 Å². The SMILES string of the molecule is CN(Cc1ccccc1)C(=O)c1scnc1C(F)(F)F. The van der Waals surface area contributed by atoms with E-state index in [2.05, 4.69) is 4.98 Å². The van der Waals surface area contributed by atoms with E-state index in [9.17, 15) is 18.0 Å². The Bertz CT molecular complexity index is 595. The Balaban J connectivity index is 2.18. The summed E-state index contributed by atoms with van der Waals surface area (Å²) >= 11 is 0.701. The van der Waals surface area contributed by atoms with Gasteiger partial charge in [-0.1, -0.05) is 30.3 Å². The number of nitrogens with zero attached hydrogens (tertiary/aromatic N) is 2. The molecule has 1 aromatic heterocycles. The van der Waals surface area contributed by atoms with Crippen LogP contribution in [-0.4, -0.2) is 22.8 Å². The number of hydrogen-bond donors (Lipinski definition) is 0. The summed E-state index contributed by atoms with van der Waals surface area (Å²) in [5.41, 5.74) is 0.765. The van der Waals surface area contributed by atoms with Crippen LogP contribution in [0.5, 0.6) is 0 Å². The molecule has 0 aliphatic heterocycles. The van der Waals surface area contributed by atoms with Gasteiger partial charge in [0.25, 0.3) is 5.91 Å². The van der Waals surface area contributed by atoms with E-state index in [1.54, 1.807) is 12.1 Å². The van der Waals surface area contributed by atoms with E-state index in [1.165, 1.54) is 11.9 Å². The van der Waals surface area contributed by atoms with Crippen LogP contribution >= 0.6 is 11.3 Å². The van der Waals surface area contributed by atoms with E-state index < -0.39 is 17.8 Å². The summed E-state index contributed by atoms with van der Waals surface area (Å²) in [6, 6.07) is 9.06. The number of hydrogen-bond acceptors (Lipinski definition) is 3. The predicted octanol–water partition coefficient (Wildman–Crippen LogP) is 3.43. The van der Waals surface area contributed by atoms with E-state index in [1.807, 2.05) is 18.2 Å². The lowest BCUT2D eigenvalue weighted by Gasteiger charge is -2.17. The Morgan fingerprint density at radius 3 is 2.55 bits per heavy atom. The number of aromatic nitrogens is 1. The fraction of sp³-hybridized carbons (Fsp3) is 0.231. The minimum Gasteiger partial charge on any atom is -0.337 e. The molecule has 106 valence electrons. The maximum atomic E-state index is 12.7. The molecule has 0 radical (unpaired) electrons. The Labute approximate surface area is 117 Å². The minimum atomic E-state index is -4.61. The third kappa shape index (κ3) is 3.16. The van der Waals surface area contributed by atoms with Crippen molar-refractivity contribution in [2.24, 2.45) is 0 Å². The summed E-state index contributed by atoms with van der Waals surface area (Å²) in [4.78, 5) is 16.2. The molecule has 20 heavy (non-hydrogen) atoms. The van der Waals surface area contributed by atoms with Gasteiger partial charge in [-0.15, -0.1) is 11.3 Å². The van der Waals surface area contributed by atoms with Gasteiger partial charge in [0.05, 0.1) is 5.51 Å². The molecule has 3 nitrogen and oxygen atoms in total. The third-order valence-corrected chi connectivity index (χ3v) is 3.45. The molecule has 2 aromatic rings. The molecule has 0 aliphatic rings. The fourth-order valence-electron chi connectivity index (χ4n) is 1.70. The molecule has 1 aromatic carbocycles. The molecule has 0 saturated heterocycles. The number of carbonyl (C=O) groups is 1. The summed E-state index contributed by atoms with van der Waals surface area (Å²) in [6.45, 7) is 0.245. The first-order chi connectivity index (χ1) is 9.39. The smallest absolute Gasteiger partial charge is 0.337 e. The first kappa shape index (κ1) is 14.5. The first-order valence-corrected chi connectivity index (χ1v) is 6.57. The van der Waals surface area contributed by atoms with Gasteiger partial charge < -0.3 is 4.90 Å². The van der Waals surface area contributed by atoms with Gasteiger partial charge in [0.1, 0.15) is 4.88 Å². The second kappa shape index (κ2) is 5.62. The largest absolute Gasteiger partial charge is 0.434 e. The van der Waals surface area contributed by atoms with Crippen LogP contribution in [0.4, 0.5) is 13.2 Å². The van der Waals surface area contributed by atoms with Gasteiger partial charge in [-0.25, -0.2) is 4.98 Å². The van der Waals surface area contributed by atoms with Gasteiger partial charge in [0, 0.05) is 13.6 Å². The van der Waals surface area contributed by atoms with Crippen LogP contribution in [0.25, 0.3) is 0 Å². The molecule has 0 atom stereocenters. The van der Waals surface area contributed by atoms with E-state index in [0.29, 0.717) is 11.3 Å². The lowest BCUT2D eigenvalue weighted by molar-refractivity contribution is -0.141. The Kier molecular flexibility index (Phi) is 4.08. The number of alkyl halides is 3. The molecule has 1 heterocycles. The van der Waals surface area contributed by atoms with Gasteiger partial charge in [0.2, 0.25) is 0 Å². The molecular weight excluding hydrogens is 289 g/mol. The fourth-order valence-corrected chi connectivity index (χ4v) is 2.50. The lowest BCUT2D eigenvalue weighted by atomic mass is 10.2. The highest BCUT2D eigenvalue weighted by atomic mass is 32.1. The average molecular weight is 300 g/mol. The molecule has 0 saturated carbocycles. The summed E-state index contributed by atoms with van der Waals surface area (Å²) < 4.78 is 38.1. The van der Waals surface area contributed by atoms with E-state index in [0.717, 1.165) is 11.1 Å². The van der Waals surface area contributed by atoms with Crippen molar-refractivity contribution in [2.75, 3.05) is 7.05 Å². The molecule has 2 rings (SSSR count). The summed E-state index contributed by atoms with van der Waals surface area (Å²) in [5, 5.41) is 0. The maximum absolute atomic E-state index is 12.7. The van der Waals surface area contributed by atoms with E-state index in [4.69, 9.17) is 0 Å². The molecule has 0 unspecified atom stereocenters. The molecule has 0 bridgehead atoms. The van der Waals surface area contributed by atoms with E-state index >= 15 is 0 Å². The quantitative estimate of drug-likeness (QED) is 0.870. The van der Waals surface area contributed by atoms with Crippen LogP contribution in [0, 0.1) is 0 Å². The predicted molar refractivity (Wildman–Crippen MR) is 69.4 cm³/mol. The molecule has 0 N–H and O–H groups in total. The van der Waals surface area contributed by atoms with Crippen LogP contribution in [0.2, 0.25) is 0 Å². The monoisotopic (exact) mass is 300 g/mol. The molecule has 0 aliphatic carbocycles. The van der Waals surface area contributed by atoms with Gasteiger partial charge in [-0.3, -0.25) is 4.79 Å². The second-order valence-electron chi connectivity index (χ2n) is 4.17. The van der Waals surface area contributed by atoms with Gasteiger partial charge >= 0.3 is 6.18 Å². The number of thiazole rings is 1. The normalized spacial score (nSPS) is 11.4. The van der Waals surface area contributed by atoms with Crippen molar-refractivity contribution in [2.45, 2.75) is 12.7 Å². The second-order valence-corrected chi connectivity index (χ2v) is 5.03. The standard InChI is InChI=1S/C13H11F3N2OS/c1-18(7-9-5-3-2-4-6-9)12(19)10-11(13(14,15)16)17-8-20-10/h2-6,8H,7H2,1H3. The van der Waals surface area contributed by atoms with Gasteiger partial charge in [-0.2, -0.15) is 13.2 Å². The molecular formula is C13H11F3N2OS. The Morgan fingerprint density at radius 1 is 1.30 bits per heavy atom. The van der Waals surface area contributed by atoms with Crippen molar-refractivity contribution in [1.29, 1.82) is 0 Å². The minimum absolute atomic E-state index is 0.245. The summed E-state index contributed by atoms with van der Waals surface area (Å²) in [5.74, 6) is -0.677. The number of carbonyl (C=O) groups excluding carboxylic acids is 1. The number of rotatable bonds is 3. The number of benzene rings is 1. The molecule has 7 heteroatoms. The van der Waals surface area contributed by atoms with Crippen LogP contribution in [0.1, 0.15) is 20.9 Å². The highest BCUT2D eigenvalue weighted by molar-refractivity contribution is 7.11. The zero-order valence-electron chi connectivity index (χ0n) is 10.5. The zero-order valence-corrected chi connectivity index (χ0v) is 11.3. The van der Waals surface area contributed by atoms with Crippen molar-refractivity contribution >= 4 is 17.2 Å². The topological polar surface area (TPSA) is 33.2 Å². The highest BCUT2D eigenvalue weighted by Crippen LogP contribution is 2.33. The van der Waals surface area contributed by atoms with Crippen LogP contribution < -0.4 is 0 Å². The van der Waals surface area contributed by atoms with Crippen molar-refractivity contribution < 1.29 is 18.0 Å². The third-order valence-electron chi connectivity index (χ3n) is 2.64. The van der Waals surface area contributed by atoms with Crippen molar-refractivity contribution in [1.82, 2.24) is 9.88 Å². The molecule has 1 amide bonds. The van der Waals surface area contributed by atoms with Crippen LogP contribution in [0.15, 0.2) is 35.8 Å². The summed E-state index contributed by atoms with van der Waals surface area (Å²) in [6.07, 6.45) is -4.61. The number of halogens is 3. The Hall–Kier alpha value is -1.89. The number of amides is 1. The highest BCUT2D eigenvalue weighted by Gasteiger charge is 2.38. The summed E-state index contributed by atoms with van der Waals surface area (Å²) in [7, 11) is 1.47. The van der Waals surface area contributed by atoms with Crippen LogP contribution in [-0.2, 0) is 12.7 Å². The van der Waals surface area contributed by atoms with Crippen molar-refractivity contribution in [3.8, 4) is 0 Å². The maximum Gasteiger partial charge on any atom is 0.434 e. The van der Waals surface area contributed by atoms with Gasteiger partial charge in [-0.05, 0) is 5.56 Å². The molecule has 0 spiro atoms. The van der Waals surface area contributed by atoms with Gasteiger partial charge in [0.15, 0.2) is 5.69 Å². The van der Waals surface area contributed by atoms with Crippen molar-refractivity contribution in [3.63, 3.8) is 0 Å².